The van der Waals surface area contributed by atoms with Crippen LogP contribution in [0.3, 0.4) is 0 Å². The molecule has 0 atom stereocenters. The topological polar surface area (TPSA) is 33.1 Å². The van der Waals surface area contributed by atoms with Gasteiger partial charge in [-0.1, -0.05) is 6.07 Å². The molecule has 0 radical (unpaired) electrons. The number of aromatic amines is 1. The Bertz CT molecular complexity index is 705. The number of hydrogen-bond acceptors (Lipinski definition) is 3. The molecular formula is C11H9N3S2. The molecule has 0 aliphatic carbocycles. The molecule has 80 valence electrons. The maximum absolute atomic E-state index is 5.09. The van der Waals surface area contributed by atoms with Crippen LogP contribution in [0.2, 0.25) is 0 Å². The number of rotatable bonds is 1. The Labute approximate surface area is 101 Å². The van der Waals surface area contributed by atoms with Gasteiger partial charge in [0.15, 0.2) is 3.95 Å². The van der Waals surface area contributed by atoms with Crippen molar-refractivity contribution < 1.29 is 0 Å². The van der Waals surface area contributed by atoms with Crippen LogP contribution in [-0.4, -0.2) is 14.4 Å². The largest absolute Gasteiger partial charge is 0.336 e. The predicted molar refractivity (Wildman–Crippen MR) is 68.4 cm³/mol. The first-order valence-electron chi connectivity index (χ1n) is 4.86. The van der Waals surface area contributed by atoms with Crippen LogP contribution >= 0.6 is 23.6 Å². The summed E-state index contributed by atoms with van der Waals surface area (Å²) < 4.78 is 2.86. The Morgan fingerprint density at radius 3 is 3.06 bits per heavy atom. The number of aromatic nitrogens is 3. The fraction of sp³-hybridized carbons (Fsp3) is 0.0909. The number of nitrogens with one attached hydrogen (secondary N) is 1. The van der Waals surface area contributed by atoms with Gasteiger partial charge in [0, 0.05) is 11.6 Å². The van der Waals surface area contributed by atoms with Crippen LogP contribution in [-0.2, 0) is 0 Å². The molecule has 0 saturated heterocycles. The highest BCUT2D eigenvalue weighted by Crippen LogP contribution is 2.21. The molecule has 3 heterocycles. The van der Waals surface area contributed by atoms with E-state index in [1.165, 1.54) is 16.9 Å². The lowest BCUT2D eigenvalue weighted by molar-refractivity contribution is 1.15. The molecule has 1 N–H and O–H groups in total. The second-order valence-corrected chi connectivity index (χ2v) is 5.19. The molecule has 0 aliphatic rings. The first-order chi connectivity index (χ1) is 7.74. The number of nitrogens with zero attached hydrogens (tertiary/aromatic N) is 2. The van der Waals surface area contributed by atoms with E-state index in [1.54, 1.807) is 0 Å². The fourth-order valence-electron chi connectivity index (χ4n) is 1.69. The Morgan fingerprint density at radius 2 is 2.31 bits per heavy atom. The molecule has 0 fully saturated rings. The van der Waals surface area contributed by atoms with E-state index in [2.05, 4.69) is 33.6 Å². The van der Waals surface area contributed by atoms with Crippen molar-refractivity contribution in [3.05, 3.63) is 39.4 Å². The molecule has 0 spiro atoms. The Balaban J connectivity index is 2.31. The van der Waals surface area contributed by atoms with Gasteiger partial charge < -0.3 is 4.98 Å². The molecule has 0 amide bonds. The van der Waals surface area contributed by atoms with Gasteiger partial charge in [-0.05, 0) is 30.8 Å². The molecule has 16 heavy (non-hydrogen) atoms. The summed E-state index contributed by atoms with van der Waals surface area (Å²) >= 11 is 6.62. The molecule has 0 aromatic carbocycles. The first kappa shape index (κ1) is 9.74. The standard InChI is InChI=1S/C11H9N3S2/c1-7-2-3-10-12-4-9(14(10)5-7)8-6-16-11(15)13-8/h2-6H,1H3,(H,13,15). The van der Waals surface area contributed by atoms with Crippen molar-refractivity contribution in [2.24, 2.45) is 0 Å². The zero-order valence-electron chi connectivity index (χ0n) is 8.60. The lowest BCUT2D eigenvalue weighted by Crippen LogP contribution is -1.89. The van der Waals surface area contributed by atoms with Gasteiger partial charge >= 0.3 is 0 Å². The van der Waals surface area contributed by atoms with E-state index in [0.717, 1.165) is 21.0 Å². The number of pyridine rings is 1. The lowest BCUT2D eigenvalue weighted by Gasteiger charge is -2.00. The molecule has 3 aromatic heterocycles. The maximum atomic E-state index is 5.09. The number of H-pyrrole nitrogens is 1. The summed E-state index contributed by atoms with van der Waals surface area (Å²) in [7, 11) is 0. The summed E-state index contributed by atoms with van der Waals surface area (Å²) in [4.78, 5) is 7.52. The van der Waals surface area contributed by atoms with Gasteiger partial charge in [-0.2, -0.15) is 0 Å². The quantitative estimate of drug-likeness (QED) is 0.668. The van der Waals surface area contributed by atoms with E-state index >= 15 is 0 Å². The lowest BCUT2D eigenvalue weighted by atomic mass is 10.3. The van der Waals surface area contributed by atoms with Gasteiger partial charge in [0.2, 0.25) is 0 Å². The first-order valence-corrected chi connectivity index (χ1v) is 6.15. The van der Waals surface area contributed by atoms with Crippen molar-refractivity contribution in [3.8, 4) is 11.4 Å². The van der Waals surface area contributed by atoms with Crippen LogP contribution in [0.5, 0.6) is 0 Å². The fourth-order valence-corrected chi connectivity index (χ4v) is 2.52. The van der Waals surface area contributed by atoms with Crippen molar-refractivity contribution in [2.75, 3.05) is 0 Å². The van der Waals surface area contributed by atoms with Crippen molar-refractivity contribution in [1.29, 1.82) is 0 Å². The Morgan fingerprint density at radius 1 is 1.44 bits per heavy atom. The van der Waals surface area contributed by atoms with Gasteiger partial charge in [0.25, 0.3) is 0 Å². The number of thiazole rings is 1. The average molecular weight is 247 g/mol. The van der Waals surface area contributed by atoms with Gasteiger partial charge in [-0.15, -0.1) is 11.3 Å². The number of fused-ring (bicyclic) bond motifs is 1. The third-order valence-electron chi connectivity index (χ3n) is 2.45. The minimum absolute atomic E-state index is 0.789. The van der Waals surface area contributed by atoms with Crippen molar-refractivity contribution >= 4 is 29.2 Å². The molecule has 3 aromatic rings. The second kappa shape index (κ2) is 3.54. The summed E-state index contributed by atoms with van der Waals surface area (Å²) in [6, 6.07) is 4.07. The molecule has 5 heteroatoms. The van der Waals surface area contributed by atoms with Gasteiger partial charge in [0.1, 0.15) is 5.65 Å². The van der Waals surface area contributed by atoms with Crippen molar-refractivity contribution in [1.82, 2.24) is 14.4 Å². The summed E-state index contributed by atoms with van der Waals surface area (Å²) in [6.07, 6.45) is 3.94. The molecule has 0 aliphatic heterocycles. The van der Waals surface area contributed by atoms with Crippen molar-refractivity contribution in [3.63, 3.8) is 0 Å². The minimum Gasteiger partial charge on any atom is -0.336 e. The molecule has 0 unspecified atom stereocenters. The van der Waals surface area contributed by atoms with E-state index in [9.17, 15) is 0 Å². The predicted octanol–water partition coefficient (Wildman–Crippen LogP) is 3.43. The van der Waals surface area contributed by atoms with Gasteiger partial charge in [0.05, 0.1) is 17.6 Å². The summed E-state index contributed by atoms with van der Waals surface area (Å²) in [5, 5.41) is 2.02. The highest BCUT2D eigenvalue weighted by Gasteiger charge is 2.06. The summed E-state index contributed by atoms with van der Waals surface area (Å²) in [6.45, 7) is 2.07. The molecule has 3 nitrogen and oxygen atoms in total. The average Bonchev–Trinajstić information content (AvgIpc) is 2.83. The molecule has 0 saturated carbocycles. The number of imidazole rings is 1. The highest BCUT2D eigenvalue weighted by molar-refractivity contribution is 7.73. The molecule has 0 bridgehead atoms. The SMILES string of the molecule is Cc1ccc2ncc(-c3csc(=S)[nH]3)n2c1. The Kier molecular flexibility index (Phi) is 2.15. The van der Waals surface area contributed by atoms with Crippen LogP contribution in [0, 0.1) is 10.9 Å². The normalized spacial score (nSPS) is 11.1. The minimum atomic E-state index is 0.789. The molecule has 3 rings (SSSR count). The van der Waals surface area contributed by atoms with Gasteiger partial charge in [-0.25, -0.2) is 4.98 Å². The molecular weight excluding hydrogens is 238 g/mol. The van der Waals surface area contributed by atoms with E-state index in [1.807, 2.05) is 17.6 Å². The zero-order valence-corrected chi connectivity index (χ0v) is 10.2. The van der Waals surface area contributed by atoms with Crippen LogP contribution in [0.4, 0.5) is 0 Å². The highest BCUT2D eigenvalue weighted by atomic mass is 32.1. The zero-order chi connectivity index (χ0) is 11.1. The van der Waals surface area contributed by atoms with Gasteiger partial charge in [-0.3, -0.25) is 4.40 Å². The number of aryl methyl sites for hydroxylation is 1. The number of hydrogen-bond donors (Lipinski definition) is 1. The monoisotopic (exact) mass is 247 g/mol. The van der Waals surface area contributed by atoms with Crippen LogP contribution < -0.4 is 0 Å². The smallest absolute Gasteiger partial charge is 0.158 e. The van der Waals surface area contributed by atoms with Crippen LogP contribution in [0.25, 0.3) is 17.0 Å². The van der Waals surface area contributed by atoms with E-state index in [-0.39, 0.29) is 0 Å². The summed E-state index contributed by atoms with van der Waals surface area (Å²) in [5.74, 6) is 0. The third-order valence-corrected chi connectivity index (χ3v) is 3.51. The maximum Gasteiger partial charge on any atom is 0.158 e. The van der Waals surface area contributed by atoms with E-state index < -0.39 is 0 Å². The third kappa shape index (κ3) is 1.48. The summed E-state index contributed by atoms with van der Waals surface area (Å²) in [5.41, 5.74) is 4.23. The van der Waals surface area contributed by atoms with E-state index in [0.29, 0.717) is 0 Å². The van der Waals surface area contributed by atoms with Crippen LogP contribution in [0.15, 0.2) is 29.9 Å². The Hall–Kier alpha value is -1.46. The van der Waals surface area contributed by atoms with Crippen molar-refractivity contribution in [2.45, 2.75) is 6.92 Å². The van der Waals surface area contributed by atoms with E-state index in [4.69, 9.17) is 12.2 Å². The van der Waals surface area contributed by atoms with Crippen LogP contribution in [0.1, 0.15) is 5.56 Å². The second-order valence-electron chi connectivity index (χ2n) is 3.64.